The smallest absolute Gasteiger partial charge is 0.210 e. The molecule has 0 aliphatic heterocycles. The molecule has 0 fully saturated rings. The molecular weight excluding hydrogens is 247 g/mol. The molecule has 66 valence electrons. The van der Waals surface area contributed by atoms with E-state index in [2.05, 4.69) is 15.9 Å². The van der Waals surface area contributed by atoms with Gasteiger partial charge < -0.3 is 0 Å². The second-order valence-corrected chi connectivity index (χ2v) is 4.19. The van der Waals surface area contributed by atoms with Crippen molar-refractivity contribution in [3.8, 4) is 0 Å². The molecule has 12 heavy (non-hydrogen) atoms. The average Bonchev–Trinajstić information content (AvgIpc) is 1.97. The minimum Gasteiger partial charge on any atom is -0.210 e. The van der Waals surface area contributed by atoms with Crippen LogP contribution in [0.15, 0.2) is 23.6 Å². The zero-order valence-electron chi connectivity index (χ0n) is 6.21. The molecule has 1 rings (SSSR count). The first-order valence-corrected chi connectivity index (χ1v) is 5.17. The molecular formula is C7H6BrFO2S. The molecule has 0 aromatic carbocycles. The fourth-order valence-corrected chi connectivity index (χ4v) is 2.50. The molecule has 1 atom stereocenters. The van der Waals surface area contributed by atoms with E-state index in [1.54, 1.807) is 6.92 Å². The van der Waals surface area contributed by atoms with Crippen molar-refractivity contribution in [2.75, 3.05) is 0 Å². The largest absolute Gasteiger partial charge is 0.219 e. The van der Waals surface area contributed by atoms with Gasteiger partial charge in [-0.15, -0.1) is 0 Å². The van der Waals surface area contributed by atoms with Gasteiger partial charge in [-0.3, -0.25) is 0 Å². The molecule has 1 unspecified atom stereocenters. The van der Waals surface area contributed by atoms with E-state index in [1.165, 1.54) is 12.2 Å². The molecule has 1 aliphatic rings. The lowest BCUT2D eigenvalue weighted by Crippen LogP contribution is -2.19. The molecule has 0 spiro atoms. The molecule has 1 aliphatic carbocycles. The molecule has 5 heteroatoms. The van der Waals surface area contributed by atoms with Gasteiger partial charge in [-0.1, -0.05) is 22.0 Å². The molecule has 0 bridgehead atoms. The van der Waals surface area contributed by atoms with Crippen molar-refractivity contribution < 1.29 is 12.8 Å². The summed E-state index contributed by atoms with van der Waals surface area (Å²) < 4.78 is 34.1. The van der Waals surface area contributed by atoms with Gasteiger partial charge in [0.05, 0.1) is 4.86 Å². The van der Waals surface area contributed by atoms with Gasteiger partial charge >= 0.3 is 0 Å². The average molecular weight is 253 g/mol. The number of alkyl halides is 1. The van der Waals surface area contributed by atoms with Crippen LogP contribution in [0.5, 0.6) is 0 Å². The molecule has 0 heterocycles. The highest BCUT2D eigenvalue weighted by atomic mass is 79.9. The Morgan fingerprint density at radius 3 is 2.50 bits per heavy atom. The quantitative estimate of drug-likeness (QED) is 0.485. The van der Waals surface area contributed by atoms with Gasteiger partial charge in [-0.25, -0.2) is 4.39 Å². The molecule has 2 nitrogen and oxygen atoms in total. The predicted octanol–water partition coefficient (Wildman–Crippen LogP) is 1.61. The molecule has 0 radical (unpaired) electrons. The highest BCUT2D eigenvalue weighted by Gasteiger charge is 2.23. The summed E-state index contributed by atoms with van der Waals surface area (Å²) in [4.78, 5) is -0.754. The molecule has 0 saturated carbocycles. The summed E-state index contributed by atoms with van der Waals surface area (Å²) in [6.07, 6.45) is 2.70. The number of halogens is 2. The standard InChI is InChI=1S/C7H6BrFO2S/c1-4-2-3-5(9)6(8)7(4)12(10)11/h2-3,6H,1H3. The first kappa shape index (κ1) is 9.67. The van der Waals surface area contributed by atoms with E-state index in [0.717, 1.165) is 0 Å². The van der Waals surface area contributed by atoms with Crippen LogP contribution in [0.2, 0.25) is 0 Å². The minimum absolute atomic E-state index is 0.0648. The Kier molecular flexibility index (Phi) is 2.85. The Balaban J connectivity index is 3.34. The van der Waals surface area contributed by atoms with E-state index >= 15 is 0 Å². The fourth-order valence-electron chi connectivity index (χ4n) is 0.912. The molecule has 0 saturated heterocycles. The summed E-state index contributed by atoms with van der Waals surface area (Å²) in [5.74, 6) is -0.486. The minimum atomic E-state index is -2.36. The molecule has 0 amide bonds. The number of hydrogen-bond donors (Lipinski definition) is 0. The number of rotatable bonds is 0. The Labute approximate surface area is 79.4 Å². The number of hydrogen-bond acceptors (Lipinski definition) is 2. The Morgan fingerprint density at radius 2 is 2.08 bits per heavy atom. The van der Waals surface area contributed by atoms with Gasteiger partial charge in [0.2, 0.25) is 10.3 Å². The van der Waals surface area contributed by atoms with E-state index in [4.69, 9.17) is 0 Å². The van der Waals surface area contributed by atoms with Gasteiger partial charge in [-0.2, -0.15) is 8.42 Å². The number of allylic oxidation sites excluding steroid dienone is 4. The topological polar surface area (TPSA) is 34.1 Å². The zero-order valence-corrected chi connectivity index (χ0v) is 8.62. The van der Waals surface area contributed by atoms with E-state index in [-0.39, 0.29) is 4.86 Å². The lowest BCUT2D eigenvalue weighted by molar-refractivity contribution is 0.621. The van der Waals surface area contributed by atoms with Gasteiger partial charge in [-0.05, 0) is 18.6 Å². The lowest BCUT2D eigenvalue weighted by atomic mass is 10.1. The highest BCUT2D eigenvalue weighted by Crippen LogP contribution is 2.23. The fraction of sp³-hybridized carbons (Fsp3) is 0.286. The van der Waals surface area contributed by atoms with E-state index < -0.39 is 20.9 Å². The summed E-state index contributed by atoms with van der Waals surface area (Å²) in [6, 6.07) is 0. The van der Waals surface area contributed by atoms with Crippen LogP contribution in [0, 0.1) is 0 Å². The Bertz CT molecular complexity index is 384. The predicted molar refractivity (Wildman–Crippen MR) is 49.6 cm³/mol. The third-order valence-electron chi connectivity index (χ3n) is 1.53. The first-order chi connectivity index (χ1) is 5.54. The normalized spacial score (nSPS) is 23.2. The van der Waals surface area contributed by atoms with Crippen molar-refractivity contribution in [2.24, 2.45) is 0 Å². The second-order valence-electron chi connectivity index (χ2n) is 2.36. The van der Waals surface area contributed by atoms with Crippen molar-refractivity contribution in [1.82, 2.24) is 0 Å². The summed E-state index contributed by atoms with van der Waals surface area (Å²) in [6.45, 7) is 1.63. The summed E-state index contributed by atoms with van der Waals surface area (Å²) >= 11 is 2.95. The maximum absolute atomic E-state index is 12.8. The molecule has 0 aromatic rings. The summed E-state index contributed by atoms with van der Waals surface area (Å²) in [5.41, 5.74) is 0.562. The van der Waals surface area contributed by atoms with Crippen LogP contribution < -0.4 is 0 Å². The van der Waals surface area contributed by atoms with Gasteiger partial charge in [0, 0.05) is 0 Å². The third kappa shape index (κ3) is 1.67. The van der Waals surface area contributed by atoms with Crippen LogP contribution in [-0.4, -0.2) is 18.1 Å². The van der Waals surface area contributed by atoms with E-state index in [0.29, 0.717) is 5.57 Å². The summed E-state index contributed by atoms with van der Waals surface area (Å²) in [5, 5.41) is 0. The van der Waals surface area contributed by atoms with Gasteiger partial charge in [0.1, 0.15) is 10.7 Å². The van der Waals surface area contributed by atoms with Gasteiger partial charge in [0.15, 0.2) is 0 Å². The molecule has 0 N–H and O–H groups in total. The van der Waals surface area contributed by atoms with Crippen LogP contribution >= 0.6 is 15.9 Å². The van der Waals surface area contributed by atoms with Crippen molar-refractivity contribution in [2.45, 2.75) is 11.8 Å². The van der Waals surface area contributed by atoms with Crippen molar-refractivity contribution in [3.63, 3.8) is 0 Å². The van der Waals surface area contributed by atoms with E-state index in [1.807, 2.05) is 0 Å². The van der Waals surface area contributed by atoms with Gasteiger partial charge in [0.25, 0.3) is 0 Å². The molecule has 0 aromatic heterocycles. The Hall–Kier alpha value is -0.420. The Morgan fingerprint density at radius 1 is 1.50 bits per heavy atom. The lowest BCUT2D eigenvalue weighted by Gasteiger charge is -2.12. The van der Waals surface area contributed by atoms with Crippen molar-refractivity contribution in [3.05, 3.63) is 23.6 Å². The first-order valence-electron chi connectivity index (χ1n) is 3.18. The monoisotopic (exact) mass is 252 g/mol. The van der Waals surface area contributed by atoms with Crippen LogP contribution in [0.1, 0.15) is 6.92 Å². The maximum Gasteiger partial charge on any atom is 0.219 e. The van der Waals surface area contributed by atoms with Crippen molar-refractivity contribution in [1.29, 1.82) is 0 Å². The van der Waals surface area contributed by atoms with Crippen LogP contribution in [-0.2, 0) is 10.3 Å². The second kappa shape index (κ2) is 3.53. The van der Waals surface area contributed by atoms with Crippen LogP contribution in [0.25, 0.3) is 0 Å². The third-order valence-corrected chi connectivity index (χ3v) is 3.65. The van der Waals surface area contributed by atoms with Crippen LogP contribution in [0.3, 0.4) is 0 Å². The summed E-state index contributed by atoms with van der Waals surface area (Å²) in [7, 11) is -2.36. The zero-order chi connectivity index (χ0) is 9.30. The maximum atomic E-state index is 12.8. The van der Waals surface area contributed by atoms with E-state index in [9.17, 15) is 12.8 Å². The van der Waals surface area contributed by atoms with Crippen molar-refractivity contribution >= 4 is 31.1 Å². The van der Waals surface area contributed by atoms with Crippen LogP contribution in [0.4, 0.5) is 4.39 Å². The SMILES string of the molecule is CC1=CC=C(F)C(Br)C1=S(=O)=O. The highest BCUT2D eigenvalue weighted by molar-refractivity contribution is 9.10.